The standard InChI is InChI=1S/C11H13F3N2O2S/c12-11(13,14)19-4-3-18-10(17)9-5-7(15)6-16(9)8-1-2-8/h5-6,8H,1-4,15H2. The number of hydrogen-bond donors (Lipinski definition) is 1. The van der Waals surface area contributed by atoms with Gasteiger partial charge in [0.05, 0.1) is 5.69 Å². The van der Waals surface area contributed by atoms with E-state index < -0.39 is 11.5 Å². The van der Waals surface area contributed by atoms with Crippen LogP contribution in [0.5, 0.6) is 0 Å². The van der Waals surface area contributed by atoms with Crippen LogP contribution in [0.25, 0.3) is 0 Å². The minimum atomic E-state index is -4.30. The van der Waals surface area contributed by atoms with Crippen LogP contribution in [0.4, 0.5) is 18.9 Å². The number of alkyl halides is 3. The number of nitrogens with two attached hydrogens (primary N) is 1. The number of anilines is 1. The summed E-state index contributed by atoms with van der Waals surface area (Å²) in [7, 11) is 0. The molecule has 1 saturated carbocycles. The van der Waals surface area contributed by atoms with Gasteiger partial charge < -0.3 is 15.0 Å². The van der Waals surface area contributed by atoms with Gasteiger partial charge in [0.2, 0.25) is 0 Å². The molecule has 0 atom stereocenters. The predicted octanol–water partition coefficient (Wildman–Crippen LogP) is 2.82. The summed E-state index contributed by atoms with van der Waals surface area (Å²) in [6.07, 6.45) is 3.59. The lowest BCUT2D eigenvalue weighted by Gasteiger charge is -2.08. The average molecular weight is 294 g/mol. The first-order valence-electron chi connectivity index (χ1n) is 5.72. The molecule has 2 rings (SSSR count). The lowest BCUT2D eigenvalue weighted by atomic mass is 10.4. The van der Waals surface area contributed by atoms with Crippen molar-refractivity contribution in [3.8, 4) is 0 Å². The molecule has 0 amide bonds. The van der Waals surface area contributed by atoms with Gasteiger partial charge in [0.15, 0.2) is 0 Å². The van der Waals surface area contributed by atoms with E-state index in [1.54, 1.807) is 10.8 Å². The zero-order valence-electron chi connectivity index (χ0n) is 9.94. The third-order valence-corrected chi connectivity index (χ3v) is 3.30. The average Bonchev–Trinajstić information content (AvgIpc) is 3.06. The number of aromatic nitrogens is 1. The lowest BCUT2D eigenvalue weighted by molar-refractivity contribution is -0.0331. The second-order valence-corrected chi connectivity index (χ2v) is 5.39. The molecule has 8 heteroatoms. The molecule has 0 unspecified atom stereocenters. The van der Waals surface area contributed by atoms with Crippen molar-refractivity contribution in [1.29, 1.82) is 0 Å². The maximum absolute atomic E-state index is 11.9. The van der Waals surface area contributed by atoms with E-state index in [2.05, 4.69) is 0 Å². The molecule has 0 spiro atoms. The number of nitrogen functional groups attached to an aromatic ring is 1. The maximum atomic E-state index is 11.9. The highest BCUT2D eigenvalue weighted by atomic mass is 32.2. The van der Waals surface area contributed by atoms with Crippen LogP contribution < -0.4 is 5.73 Å². The highest BCUT2D eigenvalue weighted by Crippen LogP contribution is 2.37. The second kappa shape index (κ2) is 5.36. The summed E-state index contributed by atoms with van der Waals surface area (Å²) in [6, 6.07) is 1.74. The van der Waals surface area contributed by atoms with Crippen LogP contribution in [-0.4, -0.2) is 28.4 Å². The number of thioether (sulfide) groups is 1. The number of carbonyl (C=O) groups excluding carboxylic acids is 1. The molecule has 0 aromatic carbocycles. The number of nitrogens with zero attached hydrogens (tertiary/aromatic N) is 1. The molecule has 1 aromatic rings. The van der Waals surface area contributed by atoms with E-state index in [-0.39, 0.29) is 30.2 Å². The number of hydrogen-bond acceptors (Lipinski definition) is 4. The van der Waals surface area contributed by atoms with Gasteiger partial charge in [-0.3, -0.25) is 0 Å². The zero-order valence-corrected chi connectivity index (χ0v) is 10.8. The largest absolute Gasteiger partial charge is 0.460 e. The van der Waals surface area contributed by atoms with Crippen LogP contribution in [0.3, 0.4) is 0 Å². The summed E-state index contributed by atoms with van der Waals surface area (Å²) in [5.74, 6) is -0.944. The molecule has 1 fully saturated rings. The van der Waals surface area contributed by atoms with Crippen molar-refractivity contribution >= 4 is 23.4 Å². The number of ether oxygens (including phenoxy) is 1. The second-order valence-electron chi connectivity index (χ2n) is 4.23. The van der Waals surface area contributed by atoms with Gasteiger partial charge in [0.1, 0.15) is 12.3 Å². The fraction of sp³-hybridized carbons (Fsp3) is 0.545. The number of esters is 1. The van der Waals surface area contributed by atoms with Crippen LogP contribution in [0, 0.1) is 0 Å². The fourth-order valence-corrected chi connectivity index (χ4v) is 2.08. The van der Waals surface area contributed by atoms with Gasteiger partial charge in [-0.15, -0.1) is 0 Å². The van der Waals surface area contributed by atoms with Crippen molar-refractivity contribution in [2.24, 2.45) is 0 Å². The van der Waals surface area contributed by atoms with Crippen molar-refractivity contribution in [3.05, 3.63) is 18.0 Å². The monoisotopic (exact) mass is 294 g/mol. The molecule has 1 aromatic heterocycles. The molecule has 19 heavy (non-hydrogen) atoms. The third kappa shape index (κ3) is 4.09. The van der Waals surface area contributed by atoms with Crippen LogP contribution >= 0.6 is 11.8 Å². The Kier molecular flexibility index (Phi) is 3.98. The van der Waals surface area contributed by atoms with Gasteiger partial charge in [-0.25, -0.2) is 4.79 Å². The van der Waals surface area contributed by atoms with Crippen LogP contribution in [-0.2, 0) is 4.74 Å². The number of rotatable bonds is 5. The first-order valence-corrected chi connectivity index (χ1v) is 6.70. The summed E-state index contributed by atoms with van der Waals surface area (Å²) in [4.78, 5) is 11.7. The smallest absolute Gasteiger partial charge is 0.441 e. The molecule has 2 N–H and O–H groups in total. The summed E-state index contributed by atoms with van der Waals surface area (Å²) in [6.45, 7) is -0.279. The van der Waals surface area contributed by atoms with Crippen LogP contribution in [0.15, 0.2) is 12.3 Å². The zero-order chi connectivity index (χ0) is 14.0. The van der Waals surface area contributed by atoms with Gasteiger partial charge in [-0.1, -0.05) is 0 Å². The maximum Gasteiger partial charge on any atom is 0.441 e. The molecule has 1 heterocycles. The predicted molar refractivity (Wildman–Crippen MR) is 65.9 cm³/mol. The summed E-state index contributed by atoms with van der Waals surface area (Å²) < 4.78 is 42.2. The quantitative estimate of drug-likeness (QED) is 0.670. The van der Waals surface area contributed by atoms with Crippen molar-refractivity contribution in [1.82, 2.24) is 4.57 Å². The minimum Gasteiger partial charge on any atom is -0.460 e. The first kappa shape index (κ1) is 14.1. The molecule has 1 aliphatic carbocycles. The Bertz CT molecular complexity index is 469. The highest BCUT2D eigenvalue weighted by Gasteiger charge is 2.29. The summed E-state index contributed by atoms with van der Waals surface area (Å²) in [5.41, 5.74) is 2.06. The van der Waals surface area contributed by atoms with Gasteiger partial charge in [-0.05, 0) is 30.7 Å². The summed E-state index contributed by atoms with van der Waals surface area (Å²) >= 11 is -0.210. The van der Waals surface area contributed by atoms with E-state index >= 15 is 0 Å². The molecule has 0 radical (unpaired) electrons. The van der Waals surface area contributed by atoms with E-state index in [1.165, 1.54) is 6.07 Å². The van der Waals surface area contributed by atoms with Crippen molar-refractivity contribution < 1.29 is 22.7 Å². The van der Waals surface area contributed by atoms with E-state index in [0.717, 1.165) is 12.8 Å². The van der Waals surface area contributed by atoms with Crippen molar-refractivity contribution in [2.45, 2.75) is 24.4 Å². The fourth-order valence-electron chi connectivity index (χ4n) is 1.68. The van der Waals surface area contributed by atoms with Gasteiger partial charge in [-0.2, -0.15) is 13.2 Å². The molecule has 0 aliphatic heterocycles. The lowest BCUT2D eigenvalue weighted by Crippen LogP contribution is -2.14. The van der Waals surface area contributed by atoms with Gasteiger partial charge in [0, 0.05) is 18.0 Å². The SMILES string of the molecule is Nc1cc(C(=O)OCCSC(F)(F)F)n(C2CC2)c1. The third-order valence-electron chi connectivity index (χ3n) is 2.60. The minimum absolute atomic E-state index is 0.210. The van der Waals surface area contributed by atoms with E-state index in [1.807, 2.05) is 0 Å². The normalized spacial score (nSPS) is 15.5. The van der Waals surface area contributed by atoms with Crippen LogP contribution in [0.1, 0.15) is 29.4 Å². The van der Waals surface area contributed by atoms with E-state index in [0.29, 0.717) is 11.4 Å². The molecule has 0 bridgehead atoms. The Morgan fingerprint density at radius 1 is 1.53 bits per heavy atom. The van der Waals surface area contributed by atoms with Gasteiger partial charge in [0.25, 0.3) is 0 Å². The van der Waals surface area contributed by atoms with E-state index in [9.17, 15) is 18.0 Å². The Labute approximate surface area is 112 Å². The Hall–Kier alpha value is -1.31. The van der Waals surface area contributed by atoms with E-state index in [4.69, 9.17) is 10.5 Å². The van der Waals surface area contributed by atoms with Gasteiger partial charge >= 0.3 is 11.5 Å². The molecule has 1 aliphatic rings. The number of carbonyl (C=O) groups is 1. The molecular weight excluding hydrogens is 281 g/mol. The van der Waals surface area contributed by atoms with Crippen molar-refractivity contribution in [3.63, 3.8) is 0 Å². The Balaban J connectivity index is 1.86. The first-order chi connectivity index (χ1) is 8.87. The molecule has 4 nitrogen and oxygen atoms in total. The van der Waals surface area contributed by atoms with Crippen LogP contribution in [0.2, 0.25) is 0 Å². The molecule has 0 saturated heterocycles. The highest BCUT2D eigenvalue weighted by molar-refractivity contribution is 8.00. The topological polar surface area (TPSA) is 57.3 Å². The molecule has 106 valence electrons. The molecular formula is C11H13F3N2O2S. The van der Waals surface area contributed by atoms with Crippen molar-refractivity contribution in [2.75, 3.05) is 18.1 Å². The summed E-state index contributed by atoms with van der Waals surface area (Å²) in [5, 5.41) is 0. The Morgan fingerprint density at radius 2 is 2.21 bits per heavy atom. The Morgan fingerprint density at radius 3 is 2.79 bits per heavy atom. The number of halogens is 3.